The molecule has 0 radical (unpaired) electrons. The van der Waals surface area contributed by atoms with E-state index in [1.807, 2.05) is 30.3 Å². The molecule has 0 bridgehead atoms. The van der Waals surface area contributed by atoms with Crippen molar-refractivity contribution in [3.63, 3.8) is 0 Å². The standard InChI is InChI=1S/C24H22ClN3O4/c25-18-15-17(10-11-20(18)28-12-4-9-22(28)29)26-23(30)19(14-16-6-2-1-3-7-16)27-24(31)21-8-5-13-32-21/h1-3,5-8,10-11,13,15,19H,4,9,12,14H2,(H,26,30)(H,27,31). The van der Waals surface area contributed by atoms with Gasteiger partial charge in [-0.25, -0.2) is 0 Å². The Labute approximate surface area is 190 Å². The highest BCUT2D eigenvalue weighted by molar-refractivity contribution is 6.34. The number of hydrogen-bond acceptors (Lipinski definition) is 4. The van der Waals surface area contributed by atoms with Crippen LogP contribution in [0.3, 0.4) is 0 Å². The van der Waals surface area contributed by atoms with Crippen LogP contribution in [0.2, 0.25) is 5.02 Å². The van der Waals surface area contributed by atoms with Crippen LogP contribution in [0.25, 0.3) is 0 Å². The van der Waals surface area contributed by atoms with Crippen LogP contribution in [0, 0.1) is 0 Å². The van der Waals surface area contributed by atoms with Crippen molar-refractivity contribution in [1.82, 2.24) is 5.32 Å². The van der Waals surface area contributed by atoms with Crippen molar-refractivity contribution in [3.8, 4) is 0 Å². The van der Waals surface area contributed by atoms with Crippen molar-refractivity contribution in [2.24, 2.45) is 0 Å². The van der Waals surface area contributed by atoms with E-state index in [0.29, 0.717) is 35.8 Å². The summed E-state index contributed by atoms with van der Waals surface area (Å²) in [6.45, 7) is 0.627. The Bertz CT molecular complexity index is 1120. The van der Waals surface area contributed by atoms with Gasteiger partial charge in [-0.1, -0.05) is 41.9 Å². The molecule has 0 aliphatic carbocycles. The van der Waals surface area contributed by atoms with E-state index >= 15 is 0 Å². The molecule has 1 fully saturated rings. The third kappa shape index (κ3) is 5.00. The minimum Gasteiger partial charge on any atom is -0.459 e. The second kappa shape index (κ2) is 9.70. The van der Waals surface area contributed by atoms with Gasteiger partial charge in [0, 0.05) is 25.1 Å². The van der Waals surface area contributed by atoms with Gasteiger partial charge in [0.15, 0.2) is 5.76 Å². The normalized spacial score (nSPS) is 14.3. The van der Waals surface area contributed by atoms with E-state index in [2.05, 4.69) is 10.6 Å². The van der Waals surface area contributed by atoms with Crippen LogP contribution in [0.4, 0.5) is 11.4 Å². The zero-order valence-corrected chi connectivity index (χ0v) is 18.0. The number of halogens is 1. The van der Waals surface area contributed by atoms with Gasteiger partial charge in [0.25, 0.3) is 5.91 Å². The van der Waals surface area contributed by atoms with Crippen LogP contribution in [-0.4, -0.2) is 30.3 Å². The number of nitrogens with one attached hydrogen (secondary N) is 2. The zero-order valence-electron chi connectivity index (χ0n) is 17.2. The van der Waals surface area contributed by atoms with Crippen molar-refractivity contribution in [2.75, 3.05) is 16.8 Å². The molecule has 2 N–H and O–H groups in total. The lowest BCUT2D eigenvalue weighted by Gasteiger charge is -2.20. The van der Waals surface area contributed by atoms with Crippen LogP contribution in [-0.2, 0) is 16.0 Å². The van der Waals surface area contributed by atoms with E-state index in [-0.39, 0.29) is 11.7 Å². The monoisotopic (exact) mass is 451 g/mol. The Morgan fingerprint density at radius 1 is 1.09 bits per heavy atom. The number of carbonyl (C=O) groups excluding carboxylic acids is 3. The molecule has 7 nitrogen and oxygen atoms in total. The number of anilines is 2. The summed E-state index contributed by atoms with van der Waals surface area (Å²) >= 11 is 6.39. The van der Waals surface area contributed by atoms with Gasteiger partial charge in [-0.3, -0.25) is 14.4 Å². The fourth-order valence-electron chi connectivity index (χ4n) is 3.63. The molecule has 4 rings (SSSR count). The Balaban J connectivity index is 1.50. The summed E-state index contributed by atoms with van der Waals surface area (Å²) in [5, 5.41) is 5.92. The van der Waals surface area contributed by atoms with Gasteiger partial charge in [-0.05, 0) is 42.3 Å². The molecule has 0 saturated carbocycles. The molecule has 2 aromatic carbocycles. The largest absolute Gasteiger partial charge is 0.459 e. The van der Waals surface area contributed by atoms with Crippen molar-refractivity contribution in [2.45, 2.75) is 25.3 Å². The van der Waals surface area contributed by atoms with Gasteiger partial charge in [-0.2, -0.15) is 0 Å². The summed E-state index contributed by atoms with van der Waals surface area (Å²) in [4.78, 5) is 39.2. The van der Waals surface area contributed by atoms with Crippen LogP contribution in [0.15, 0.2) is 71.3 Å². The van der Waals surface area contributed by atoms with E-state index in [1.165, 1.54) is 12.3 Å². The van der Waals surface area contributed by atoms with Gasteiger partial charge in [0.05, 0.1) is 17.0 Å². The molecule has 0 spiro atoms. The number of carbonyl (C=O) groups is 3. The molecule has 164 valence electrons. The molecule has 1 unspecified atom stereocenters. The first-order valence-electron chi connectivity index (χ1n) is 10.3. The SMILES string of the molecule is O=C(NC(Cc1ccccc1)C(=O)Nc1ccc(N2CCCC2=O)c(Cl)c1)c1ccco1. The number of rotatable bonds is 7. The predicted octanol–water partition coefficient (Wildman–Crippen LogP) is 4.04. The van der Waals surface area contributed by atoms with Crippen LogP contribution >= 0.6 is 11.6 Å². The summed E-state index contributed by atoms with van der Waals surface area (Å²) in [6.07, 6.45) is 3.00. The lowest BCUT2D eigenvalue weighted by Crippen LogP contribution is -2.45. The summed E-state index contributed by atoms with van der Waals surface area (Å²) in [7, 11) is 0. The molecule has 32 heavy (non-hydrogen) atoms. The third-order valence-corrected chi connectivity index (χ3v) is 5.53. The molecule has 1 aliphatic heterocycles. The predicted molar refractivity (Wildman–Crippen MR) is 122 cm³/mol. The molecule has 2 heterocycles. The molecule has 1 aliphatic rings. The molecular formula is C24H22ClN3O4. The highest BCUT2D eigenvalue weighted by Crippen LogP contribution is 2.31. The quantitative estimate of drug-likeness (QED) is 0.567. The fourth-order valence-corrected chi connectivity index (χ4v) is 3.91. The summed E-state index contributed by atoms with van der Waals surface area (Å²) in [5.74, 6) is -0.715. The number of furan rings is 1. The van der Waals surface area contributed by atoms with E-state index in [0.717, 1.165) is 12.0 Å². The molecule has 3 aromatic rings. The maximum atomic E-state index is 13.1. The number of hydrogen-bond donors (Lipinski definition) is 2. The number of nitrogens with zero attached hydrogens (tertiary/aromatic N) is 1. The first-order valence-corrected chi connectivity index (χ1v) is 10.7. The van der Waals surface area contributed by atoms with E-state index in [1.54, 1.807) is 29.2 Å². The van der Waals surface area contributed by atoms with Gasteiger partial charge in [-0.15, -0.1) is 0 Å². The summed E-state index contributed by atoms with van der Waals surface area (Å²) in [6, 6.07) is 16.7. The van der Waals surface area contributed by atoms with Crippen molar-refractivity contribution in [1.29, 1.82) is 0 Å². The molecule has 8 heteroatoms. The van der Waals surface area contributed by atoms with E-state index in [4.69, 9.17) is 16.0 Å². The average Bonchev–Trinajstić information content (AvgIpc) is 3.46. The number of amides is 3. The van der Waals surface area contributed by atoms with Crippen molar-refractivity contribution in [3.05, 3.63) is 83.3 Å². The maximum absolute atomic E-state index is 13.1. The second-order valence-electron chi connectivity index (χ2n) is 7.50. The maximum Gasteiger partial charge on any atom is 0.287 e. The molecule has 1 aromatic heterocycles. The van der Waals surface area contributed by atoms with Crippen LogP contribution in [0.5, 0.6) is 0 Å². The molecule has 3 amide bonds. The lowest BCUT2D eigenvalue weighted by molar-refractivity contribution is -0.118. The van der Waals surface area contributed by atoms with Crippen LogP contribution < -0.4 is 15.5 Å². The van der Waals surface area contributed by atoms with Crippen molar-refractivity contribution >= 4 is 40.7 Å². The first-order chi connectivity index (χ1) is 15.5. The summed E-state index contributed by atoms with van der Waals surface area (Å²) in [5.41, 5.74) is 1.99. The Morgan fingerprint density at radius 2 is 1.91 bits per heavy atom. The highest BCUT2D eigenvalue weighted by Gasteiger charge is 2.25. The van der Waals surface area contributed by atoms with Gasteiger partial charge >= 0.3 is 0 Å². The number of benzene rings is 2. The Kier molecular flexibility index (Phi) is 6.56. The van der Waals surface area contributed by atoms with Gasteiger partial charge in [0.2, 0.25) is 11.8 Å². The van der Waals surface area contributed by atoms with Crippen LogP contribution in [0.1, 0.15) is 29.0 Å². The van der Waals surface area contributed by atoms with Gasteiger partial charge in [0.1, 0.15) is 6.04 Å². The minimum absolute atomic E-state index is 0.0345. The Hall–Kier alpha value is -3.58. The topological polar surface area (TPSA) is 91.7 Å². The summed E-state index contributed by atoms with van der Waals surface area (Å²) < 4.78 is 5.14. The zero-order chi connectivity index (χ0) is 22.5. The average molecular weight is 452 g/mol. The Morgan fingerprint density at radius 3 is 2.56 bits per heavy atom. The third-order valence-electron chi connectivity index (χ3n) is 5.23. The molecule has 1 saturated heterocycles. The first kappa shape index (κ1) is 21.6. The minimum atomic E-state index is -0.839. The highest BCUT2D eigenvalue weighted by atomic mass is 35.5. The molecule has 1 atom stereocenters. The smallest absolute Gasteiger partial charge is 0.287 e. The molecular weight excluding hydrogens is 430 g/mol. The van der Waals surface area contributed by atoms with E-state index < -0.39 is 17.9 Å². The van der Waals surface area contributed by atoms with Crippen molar-refractivity contribution < 1.29 is 18.8 Å². The van der Waals surface area contributed by atoms with E-state index in [9.17, 15) is 14.4 Å². The fraction of sp³-hybridized carbons (Fsp3) is 0.208. The second-order valence-corrected chi connectivity index (χ2v) is 7.90. The lowest BCUT2D eigenvalue weighted by atomic mass is 10.0. The van der Waals surface area contributed by atoms with Gasteiger partial charge < -0.3 is 20.0 Å².